The fourth-order valence-corrected chi connectivity index (χ4v) is 3.53. The van der Waals surface area contributed by atoms with Crippen LogP contribution >= 0.6 is 27.5 Å². The molecule has 1 unspecified atom stereocenters. The molecule has 1 rings (SSSR count). The maximum absolute atomic E-state index is 12.1. The Kier molecular flexibility index (Phi) is 5.79. The molecule has 0 aliphatic heterocycles. The van der Waals surface area contributed by atoms with E-state index in [1.54, 1.807) is 13.0 Å². The van der Waals surface area contributed by atoms with Crippen molar-refractivity contribution in [2.24, 2.45) is 0 Å². The van der Waals surface area contributed by atoms with Crippen molar-refractivity contribution in [2.45, 2.75) is 24.8 Å². The third-order valence-corrected chi connectivity index (χ3v) is 4.67. The zero-order valence-electron chi connectivity index (χ0n) is 10.3. The van der Waals surface area contributed by atoms with Crippen molar-refractivity contribution in [3.05, 3.63) is 27.7 Å². The summed E-state index contributed by atoms with van der Waals surface area (Å²) in [5.41, 5.74) is 0. The summed E-state index contributed by atoms with van der Waals surface area (Å²) < 4.78 is 31.7. The van der Waals surface area contributed by atoms with Crippen molar-refractivity contribution in [3.8, 4) is 0 Å². The van der Waals surface area contributed by atoms with Crippen LogP contribution in [0.1, 0.15) is 13.8 Å². The van der Waals surface area contributed by atoms with Gasteiger partial charge in [0.15, 0.2) is 0 Å². The summed E-state index contributed by atoms with van der Waals surface area (Å²) in [6.45, 7) is 3.23. The molecular formula is C11H13BrClNO4S. The van der Waals surface area contributed by atoms with E-state index in [4.69, 9.17) is 16.3 Å². The van der Waals surface area contributed by atoms with Gasteiger partial charge in [0, 0.05) is 4.47 Å². The van der Waals surface area contributed by atoms with Crippen LogP contribution in [0.5, 0.6) is 0 Å². The largest absolute Gasteiger partial charge is 0.465 e. The Hall–Kier alpha value is -0.630. The molecule has 0 spiro atoms. The van der Waals surface area contributed by atoms with E-state index < -0.39 is 22.0 Å². The van der Waals surface area contributed by atoms with Crippen molar-refractivity contribution in [3.63, 3.8) is 0 Å². The zero-order chi connectivity index (χ0) is 14.6. The molecule has 0 aliphatic carbocycles. The lowest BCUT2D eigenvalue weighted by molar-refractivity contribution is -0.144. The number of hydrogen-bond donors (Lipinski definition) is 1. The second-order valence-electron chi connectivity index (χ2n) is 3.67. The van der Waals surface area contributed by atoms with Crippen LogP contribution in [-0.4, -0.2) is 27.0 Å². The third-order valence-electron chi connectivity index (χ3n) is 2.16. The van der Waals surface area contributed by atoms with Crippen LogP contribution in [0.15, 0.2) is 27.6 Å². The normalized spacial score (nSPS) is 13.1. The first-order valence-corrected chi connectivity index (χ1v) is 8.07. The van der Waals surface area contributed by atoms with Gasteiger partial charge in [0.1, 0.15) is 10.9 Å². The molecule has 1 aromatic rings. The summed E-state index contributed by atoms with van der Waals surface area (Å²) in [6.07, 6.45) is 0. The maximum Gasteiger partial charge on any atom is 0.323 e. The number of sulfonamides is 1. The molecule has 0 fully saturated rings. The Balaban J connectivity index is 2.95. The minimum Gasteiger partial charge on any atom is -0.465 e. The number of ether oxygens (including phenoxy) is 1. The molecule has 0 aromatic heterocycles. The quantitative estimate of drug-likeness (QED) is 0.808. The molecule has 1 atom stereocenters. The molecule has 0 heterocycles. The highest BCUT2D eigenvalue weighted by molar-refractivity contribution is 9.10. The van der Waals surface area contributed by atoms with E-state index in [-0.39, 0.29) is 16.5 Å². The van der Waals surface area contributed by atoms with Crippen LogP contribution in [-0.2, 0) is 19.6 Å². The summed E-state index contributed by atoms with van der Waals surface area (Å²) >= 11 is 9.06. The van der Waals surface area contributed by atoms with Gasteiger partial charge >= 0.3 is 5.97 Å². The number of rotatable bonds is 5. The molecule has 8 heteroatoms. The fraction of sp³-hybridized carbons (Fsp3) is 0.364. The van der Waals surface area contributed by atoms with Gasteiger partial charge in [-0.1, -0.05) is 27.5 Å². The van der Waals surface area contributed by atoms with Crippen molar-refractivity contribution in [1.82, 2.24) is 4.72 Å². The highest BCUT2D eigenvalue weighted by atomic mass is 79.9. The van der Waals surface area contributed by atoms with Crippen LogP contribution in [0.3, 0.4) is 0 Å². The standard InChI is InChI=1S/C11H13BrClNO4S/c1-3-18-11(15)7(2)14-19(16,17)10-5-4-8(12)6-9(10)13/h4-7,14H,3H2,1-2H3. The van der Waals surface area contributed by atoms with Crippen molar-refractivity contribution in [1.29, 1.82) is 0 Å². The molecule has 0 aliphatic rings. The summed E-state index contributed by atoms with van der Waals surface area (Å²) in [5.74, 6) is -0.640. The van der Waals surface area contributed by atoms with Crippen LogP contribution in [0.4, 0.5) is 0 Å². The van der Waals surface area contributed by atoms with Crippen molar-refractivity contribution in [2.75, 3.05) is 6.61 Å². The maximum atomic E-state index is 12.1. The lowest BCUT2D eigenvalue weighted by Gasteiger charge is -2.13. The summed E-state index contributed by atoms with van der Waals surface area (Å²) in [4.78, 5) is 11.3. The van der Waals surface area contributed by atoms with E-state index >= 15 is 0 Å². The Morgan fingerprint density at radius 3 is 2.68 bits per heavy atom. The fourth-order valence-electron chi connectivity index (χ4n) is 1.30. The predicted molar refractivity (Wildman–Crippen MR) is 75.6 cm³/mol. The molecule has 1 N–H and O–H groups in total. The molecule has 19 heavy (non-hydrogen) atoms. The Bertz CT molecular complexity index is 576. The van der Waals surface area contributed by atoms with E-state index in [1.807, 2.05) is 0 Å². The van der Waals surface area contributed by atoms with Gasteiger partial charge in [0.25, 0.3) is 0 Å². The number of benzene rings is 1. The van der Waals surface area contributed by atoms with Gasteiger partial charge in [-0.05, 0) is 32.0 Å². The lowest BCUT2D eigenvalue weighted by atomic mass is 10.4. The van der Waals surface area contributed by atoms with Crippen LogP contribution in [0.25, 0.3) is 0 Å². The number of hydrogen-bond acceptors (Lipinski definition) is 4. The Morgan fingerprint density at radius 1 is 1.53 bits per heavy atom. The molecule has 0 amide bonds. The molecular weight excluding hydrogens is 358 g/mol. The number of carbonyl (C=O) groups excluding carboxylic acids is 1. The number of nitrogens with one attached hydrogen (secondary N) is 1. The van der Waals surface area contributed by atoms with E-state index in [9.17, 15) is 13.2 Å². The minimum atomic E-state index is -3.87. The average Bonchev–Trinajstić information content (AvgIpc) is 2.27. The smallest absolute Gasteiger partial charge is 0.323 e. The lowest BCUT2D eigenvalue weighted by Crippen LogP contribution is -2.39. The first-order valence-electron chi connectivity index (χ1n) is 5.42. The van der Waals surface area contributed by atoms with Gasteiger partial charge in [-0.3, -0.25) is 4.79 Å². The molecule has 0 bridgehead atoms. The minimum absolute atomic E-state index is 0.0675. The predicted octanol–water partition coefficient (Wildman–Crippen LogP) is 2.33. The van der Waals surface area contributed by atoms with E-state index in [1.165, 1.54) is 19.1 Å². The number of carbonyl (C=O) groups is 1. The summed E-state index contributed by atoms with van der Waals surface area (Å²) in [6, 6.07) is 3.39. The number of halogens is 2. The first-order chi connectivity index (χ1) is 8.77. The molecule has 5 nitrogen and oxygen atoms in total. The Morgan fingerprint density at radius 2 is 2.16 bits per heavy atom. The number of esters is 1. The SMILES string of the molecule is CCOC(=O)C(C)NS(=O)(=O)c1ccc(Br)cc1Cl. The summed E-state index contributed by atoms with van der Waals surface area (Å²) in [7, 11) is -3.87. The Labute approximate surface area is 125 Å². The van der Waals surface area contributed by atoms with Gasteiger partial charge in [0.2, 0.25) is 10.0 Å². The van der Waals surface area contributed by atoms with Crippen LogP contribution in [0.2, 0.25) is 5.02 Å². The molecule has 106 valence electrons. The average molecular weight is 371 g/mol. The van der Waals surface area contributed by atoms with Gasteiger partial charge in [-0.15, -0.1) is 0 Å². The van der Waals surface area contributed by atoms with Gasteiger partial charge in [-0.25, -0.2) is 8.42 Å². The monoisotopic (exact) mass is 369 g/mol. The molecule has 1 aromatic carbocycles. The van der Waals surface area contributed by atoms with E-state index in [2.05, 4.69) is 20.7 Å². The van der Waals surface area contributed by atoms with Crippen molar-refractivity contribution < 1.29 is 17.9 Å². The van der Waals surface area contributed by atoms with Gasteiger partial charge in [0.05, 0.1) is 11.6 Å². The molecule has 0 saturated carbocycles. The first kappa shape index (κ1) is 16.4. The van der Waals surface area contributed by atoms with E-state index in [0.717, 1.165) is 0 Å². The second-order valence-corrected chi connectivity index (χ2v) is 6.68. The second kappa shape index (κ2) is 6.69. The molecule has 0 saturated heterocycles. The van der Waals surface area contributed by atoms with Crippen molar-refractivity contribution >= 4 is 43.5 Å². The topological polar surface area (TPSA) is 72.5 Å². The van der Waals surface area contributed by atoms with Crippen LogP contribution in [0, 0.1) is 0 Å². The van der Waals surface area contributed by atoms with Crippen LogP contribution < -0.4 is 4.72 Å². The third kappa shape index (κ3) is 4.45. The van der Waals surface area contributed by atoms with E-state index in [0.29, 0.717) is 4.47 Å². The summed E-state index contributed by atoms with van der Waals surface area (Å²) in [5, 5.41) is 0.0675. The zero-order valence-corrected chi connectivity index (χ0v) is 13.5. The van der Waals surface area contributed by atoms with Gasteiger partial charge < -0.3 is 4.74 Å². The highest BCUT2D eigenvalue weighted by Crippen LogP contribution is 2.25. The van der Waals surface area contributed by atoms with Gasteiger partial charge in [-0.2, -0.15) is 4.72 Å². The highest BCUT2D eigenvalue weighted by Gasteiger charge is 2.24. The molecule has 0 radical (unpaired) electrons.